The number of nitrogens with one attached hydrogen (secondary N) is 1. The molecule has 0 heterocycles. The van der Waals surface area contributed by atoms with Gasteiger partial charge in [0.2, 0.25) is 0 Å². The second-order valence-corrected chi connectivity index (χ2v) is 4.65. The SMILES string of the molecule is CC(=O)c1cccc(NCC2(CO)CC2)c1. The van der Waals surface area contributed by atoms with Crippen molar-refractivity contribution in [3.05, 3.63) is 29.8 Å². The predicted molar refractivity (Wildman–Crippen MR) is 63.7 cm³/mol. The molecule has 2 rings (SSSR count). The predicted octanol–water partition coefficient (Wildman–Crippen LogP) is 2.07. The van der Waals surface area contributed by atoms with E-state index in [2.05, 4.69) is 5.32 Å². The molecule has 0 spiro atoms. The normalized spacial score (nSPS) is 16.9. The van der Waals surface area contributed by atoms with Crippen molar-refractivity contribution in [3.63, 3.8) is 0 Å². The van der Waals surface area contributed by atoms with Crippen molar-refractivity contribution in [1.29, 1.82) is 0 Å². The van der Waals surface area contributed by atoms with E-state index >= 15 is 0 Å². The molecule has 86 valence electrons. The van der Waals surface area contributed by atoms with Gasteiger partial charge in [-0.2, -0.15) is 0 Å². The fourth-order valence-electron chi connectivity index (χ4n) is 1.71. The number of benzene rings is 1. The lowest BCUT2D eigenvalue weighted by molar-refractivity contribution is 0.101. The summed E-state index contributed by atoms with van der Waals surface area (Å²) in [5, 5.41) is 12.5. The van der Waals surface area contributed by atoms with Crippen molar-refractivity contribution >= 4 is 11.5 Å². The Hall–Kier alpha value is -1.35. The average molecular weight is 219 g/mol. The largest absolute Gasteiger partial charge is 0.396 e. The number of anilines is 1. The van der Waals surface area contributed by atoms with Gasteiger partial charge in [-0.05, 0) is 31.9 Å². The van der Waals surface area contributed by atoms with Crippen LogP contribution >= 0.6 is 0 Å². The van der Waals surface area contributed by atoms with Crippen LogP contribution in [0.1, 0.15) is 30.1 Å². The van der Waals surface area contributed by atoms with Gasteiger partial charge in [0.1, 0.15) is 0 Å². The van der Waals surface area contributed by atoms with Gasteiger partial charge < -0.3 is 10.4 Å². The Balaban J connectivity index is 1.99. The van der Waals surface area contributed by atoms with Gasteiger partial charge in [0.05, 0.1) is 6.61 Å². The Morgan fingerprint density at radius 2 is 2.25 bits per heavy atom. The Bertz CT molecular complexity index is 397. The van der Waals surface area contributed by atoms with Crippen LogP contribution in [0.3, 0.4) is 0 Å². The van der Waals surface area contributed by atoms with Gasteiger partial charge in [-0.3, -0.25) is 4.79 Å². The van der Waals surface area contributed by atoms with Crippen LogP contribution in [0.5, 0.6) is 0 Å². The maximum Gasteiger partial charge on any atom is 0.159 e. The Labute approximate surface area is 95.5 Å². The molecule has 1 aromatic rings. The topological polar surface area (TPSA) is 49.3 Å². The van der Waals surface area contributed by atoms with Crippen molar-refractivity contribution in [2.24, 2.45) is 5.41 Å². The summed E-state index contributed by atoms with van der Waals surface area (Å²) in [7, 11) is 0. The number of hydrogen-bond donors (Lipinski definition) is 2. The molecule has 1 saturated carbocycles. The molecule has 0 unspecified atom stereocenters. The Morgan fingerprint density at radius 3 is 2.81 bits per heavy atom. The van der Waals surface area contributed by atoms with E-state index in [4.69, 9.17) is 0 Å². The average Bonchev–Trinajstić information content (AvgIpc) is 3.07. The number of ketones is 1. The minimum Gasteiger partial charge on any atom is -0.396 e. The van der Waals surface area contributed by atoms with Crippen LogP contribution in [-0.2, 0) is 0 Å². The van der Waals surface area contributed by atoms with Gasteiger partial charge in [-0.1, -0.05) is 12.1 Å². The van der Waals surface area contributed by atoms with Crippen molar-refractivity contribution in [1.82, 2.24) is 0 Å². The van der Waals surface area contributed by atoms with Gasteiger partial charge in [-0.25, -0.2) is 0 Å². The summed E-state index contributed by atoms with van der Waals surface area (Å²) in [6.07, 6.45) is 2.17. The first-order valence-electron chi connectivity index (χ1n) is 5.61. The first-order valence-corrected chi connectivity index (χ1v) is 5.61. The number of Topliss-reactive ketones (excluding diaryl/α,β-unsaturated/α-hetero) is 1. The zero-order chi connectivity index (χ0) is 11.6. The molecule has 0 amide bonds. The lowest BCUT2D eigenvalue weighted by atomic mass is 10.1. The number of rotatable bonds is 5. The Morgan fingerprint density at radius 1 is 1.50 bits per heavy atom. The maximum absolute atomic E-state index is 11.2. The number of hydrogen-bond acceptors (Lipinski definition) is 3. The molecule has 1 fully saturated rings. The minimum absolute atomic E-state index is 0.0759. The highest BCUT2D eigenvalue weighted by molar-refractivity contribution is 5.94. The molecule has 0 radical (unpaired) electrons. The number of aliphatic hydroxyl groups excluding tert-OH is 1. The van der Waals surface area contributed by atoms with Crippen LogP contribution < -0.4 is 5.32 Å². The van der Waals surface area contributed by atoms with Crippen LogP contribution in [0.15, 0.2) is 24.3 Å². The molecular formula is C13H17NO2. The van der Waals surface area contributed by atoms with E-state index in [0.29, 0.717) is 0 Å². The highest BCUT2D eigenvalue weighted by atomic mass is 16.3. The highest BCUT2D eigenvalue weighted by Crippen LogP contribution is 2.44. The maximum atomic E-state index is 11.2. The quantitative estimate of drug-likeness (QED) is 0.745. The standard InChI is InChI=1S/C13H17NO2/c1-10(16)11-3-2-4-12(7-11)14-8-13(9-15)5-6-13/h2-4,7,14-15H,5-6,8-9H2,1H3. The summed E-state index contributed by atoms with van der Waals surface area (Å²) in [5.74, 6) is 0.0759. The lowest BCUT2D eigenvalue weighted by Gasteiger charge is -2.14. The van der Waals surface area contributed by atoms with Crippen molar-refractivity contribution in [2.75, 3.05) is 18.5 Å². The zero-order valence-corrected chi connectivity index (χ0v) is 9.49. The van der Waals surface area contributed by atoms with Crippen LogP contribution in [-0.4, -0.2) is 24.0 Å². The molecule has 0 saturated heterocycles. The third kappa shape index (κ3) is 2.42. The lowest BCUT2D eigenvalue weighted by Crippen LogP contribution is -2.19. The summed E-state index contributed by atoms with van der Waals surface area (Å²) in [4.78, 5) is 11.2. The van der Waals surface area contributed by atoms with Gasteiger partial charge in [0, 0.05) is 23.2 Å². The molecule has 0 bridgehead atoms. The summed E-state index contributed by atoms with van der Waals surface area (Å²) < 4.78 is 0. The van der Waals surface area contributed by atoms with Crippen molar-refractivity contribution < 1.29 is 9.90 Å². The van der Waals surface area contributed by atoms with Gasteiger partial charge >= 0.3 is 0 Å². The smallest absolute Gasteiger partial charge is 0.159 e. The van der Waals surface area contributed by atoms with Crippen molar-refractivity contribution in [2.45, 2.75) is 19.8 Å². The van der Waals surface area contributed by atoms with E-state index in [-0.39, 0.29) is 17.8 Å². The fourth-order valence-corrected chi connectivity index (χ4v) is 1.71. The molecule has 0 aliphatic heterocycles. The first kappa shape index (κ1) is 11.1. The molecule has 3 nitrogen and oxygen atoms in total. The van der Waals surface area contributed by atoms with E-state index in [9.17, 15) is 9.90 Å². The fraction of sp³-hybridized carbons (Fsp3) is 0.462. The molecular weight excluding hydrogens is 202 g/mol. The molecule has 0 atom stereocenters. The van der Waals surface area contributed by atoms with Crippen LogP contribution in [0.25, 0.3) is 0 Å². The molecule has 1 aliphatic carbocycles. The molecule has 1 aromatic carbocycles. The van der Waals surface area contributed by atoms with E-state index in [1.165, 1.54) is 0 Å². The molecule has 2 N–H and O–H groups in total. The summed E-state index contributed by atoms with van der Waals surface area (Å²) in [5.41, 5.74) is 1.76. The van der Waals surface area contributed by atoms with Gasteiger partial charge in [0.25, 0.3) is 0 Å². The van der Waals surface area contributed by atoms with Crippen LogP contribution in [0.2, 0.25) is 0 Å². The Kier molecular flexibility index (Phi) is 2.97. The van der Waals surface area contributed by atoms with Crippen molar-refractivity contribution in [3.8, 4) is 0 Å². The van der Waals surface area contributed by atoms with Crippen LogP contribution in [0.4, 0.5) is 5.69 Å². The number of aliphatic hydroxyl groups is 1. The minimum atomic E-state index is 0.0759. The molecule has 16 heavy (non-hydrogen) atoms. The second kappa shape index (κ2) is 4.26. The van der Waals surface area contributed by atoms with E-state index in [0.717, 1.165) is 30.6 Å². The summed E-state index contributed by atoms with van der Waals surface area (Å²) >= 11 is 0. The van der Waals surface area contributed by atoms with Gasteiger partial charge in [-0.15, -0.1) is 0 Å². The number of carbonyl (C=O) groups is 1. The zero-order valence-electron chi connectivity index (χ0n) is 9.49. The molecule has 0 aromatic heterocycles. The number of carbonyl (C=O) groups excluding carboxylic acids is 1. The third-order valence-corrected chi connectivity index (χ3v) is 3.23. The molecule has 3 heteroatoms. The first-order chi connectivity index (χ1) is 7.65. The second-order valence-electron chi connectivity index (χ2n) is 4.65. The monoisotopic (exact) mass is 219 g/mol. The molecule has 1 aliphatic rings. The summed E-state index contributed by atoms with van der Waals surface area (Å²) in [6, 6.07) is 7.49. The van der Waals surface area contributed by atoms with E-state index < -0.39 is 0 Å². The summed E-state index contributed by atoms with van der Waals surface area (Å²) in [6.45, 7) is 2.59. The van der Waals surface area contributed by atoms with Crippen LogP contribution in [0, 0.1) is 5.41 Å². The third-order valence-electron chi connectivity index (χ3n) is 3.23. The highest BCUT2D eigenvalue weighted by Gasteiger charge is 2.41. The van der Waals surface area contributed by atoms with Gasteiger partial charge in [0.15, 0.2) is 5.78 Å². The van der Waals surface area contributed by atoms with E-state index in [1.807, 2.05) is 24.3 Å². The van der Waals surface area contributed by atoms with E-state index in [1.54, 1.807) is 6.92 Å².